The van der Waals surface area contributed by atoms with Crippen molar-refractivity contribution in [2.45, 2.75) is 13.5 Å². The van der Waals surface area contributed by atoms with Gasteiger partial charge < -0.3 is 10.1 Å². The molecule has 1 N–H and O–H groups in total. The zero-order valence-electron chi connectivity index (χ0n) is 10.6. The van der Waals surface area contributed by atoms with E-state index in [-0.39, 0.29) is 0 Å². The molecule has 0 aromatic heterocycles. The van der Waals surface area contributed by atoms with Gasteiger partial charge in [0.05, 0.1) is 7.11 Å². The van der Waals surface area contributed by atoms with E-state index in [1.54, 1.807) is 7.11 Å². The van der Waals surface area contributed by atoms with Crippen molar-refractivity contribution >= 4 is 23.4 Å². The van der Waals surface area contributed by atoms with Crippen LogP contribution in [-0.4, -0.2) is 25.7 Å². The van der Waals surface area contributed by atoms with Crippen molar-refractivity contribution in [3.8, 4) is 5.75 Å². The average molecular weight is 274 g/mol. The van der Waals surface area contributed by atoms with Gasteiger partial charge in [-0.1, -0.05) is 24.6 Å². The number of hydrogen-bond donors (Lipinski definition) is 1. The van der Waals surface area contributed by atoms with Crippen molar-refractivity contribution in [2.75, 3.05) is 25.7 Å². The molecule has 1 aromatic carbocycles. The van der Waals surface area contributed by atoms with Crippen LogP contribution in [0.4, 0.5) is 0 Å². The molecule has 0 spiro atoms. The van der Waals surface area contributed by atoms with Crippen molar-refractivity contribution in [3.05, 3.63) is 28.8 Å². The molecule has 96 valence electrons. The van der Waals surface area contributed by atoms with Gasteiger partial charge in [-0.3, -0.25) is 0 Å². The van der Waals surface area contributed by atoms with E-state index in [0.717, 1.165) is 29.4 Å². The Balaban J connectivity index is 2.51. The fourth-order valence-corrected chi connectivity index (χ4v) is 2.61. The first-order valence-electron chi connectivity index (χ1n) is 5.70. The molecule has 1 aromatic rings. The van der Waals surface area contributed by atoms with Crippen LogP contribution >= 0.6 is 23.4 Å². The fourth-order valence-electron chi connectivity index (χ4n) is 1.69. The highest BCUT2D eigenvalue weighted by molar-refractivity contribution is 7.98. The minimum atomic E-state index is 0.665. The van der Waals surface area contributed by atoms with Crippen LogP contribution in [0.2, 0.25) is 5.02 Å². The molecule has 0 fully saturated rings. The van der Waals surface area contributed by atoms with E-state index in [1.165, 1.54) is 5.75 Å². The highest BCUT2D eigenvalue weighted by Crippen LogP contribution is 2.25. The summed E-state index contributed by atoms with van der Waals surface area (Å²) in [5.74, 6) is 2.69. The molecule has 0 amide bonds. The number of methoxy groups -OCH3 is 1. The summed E-state index contributed by atoms with van der Waals surface area (Å²) in [6, 6.07) is 5.74. The second-order valence-corrected chi connectivity index (χ2v) is 5.43. The number of halogens is 1. The van der Waals surface area contributed by atoms with Gasteiger partial charge in [0.25, 0.3) is 0 Å². The van der Waals surface area contributed by atoms with E-state index in [1.807, 2.05) is 30.0 Å². The second-order valence-electron chi connectivity index (χ2n) is 4.11. The molecule has 0 bridgehead atoms. The van der Waals surface area contributed by atoms with Gasteiger partial charge in [0.2, 0.25) is 0 Å². The van der Waals surface area contributed by atoms with Gasteiger partial charge in [0, 0.05) is 17.1 Å². The molecule has 1 unspecified atom stereocenters. The van der Waals surface area contributed by atoms with Gasteiger partial charge in [-0.05, 0) is 36.6 Å². The lowest BCUT2D eigenvalue weighted by Gasteiger charge is -2.14. The molecule has 0 aliphatic carbocycles. The van der Waals surface area contributed by atoms with Crippen LogP contribution in [-0.2, 0) is 6.54 Å². The minimum absolute atomic E-state index is 0.665. The van der Waals surface area contributed by atoms with Crippen LogP contribution in [0.1, 0.15) is 12.5 Å². The van der Waals surface area contributed by atoms with Crippen LogP contribution < -0.4 is 10.1 Å². The fraction of sp³-hybridized carbons (Fsp3) is 0.538. The summed E-state index contributed by atoms with van der Waals surface area (Å²) in [7, 11) is 1.67. The Morgan fingerprint density at radius 1 is 1.47 bits per heavy atom. The molecule has 2 nitrogen and oxygen atoms in total. The first kappa shape index (κ1) is 14.7. The number of hydrogen-bond acceptors (Lipinski definition) is 3. The highest BCUT2D eigenvalue weighted by Gasteiger charge is 2.07. The summed E-state index contributed by atoms with van der Waals surface area (Å²) in [6.07, 6.45) is 2.13. The third-order valence-electron chi connectivity index (χ3n) is 2.54. The van der Waals surface area contributed by atoms with Gasteiger partial charge >= 0.3 is 0 Å². The van der Waals surface area contributed by atoms with E-state index in [0.29, 0.717) is 5.92 Å². The number of benzene rings is 1. The van der Waals surface area contributed by atoms with Crippen LogP contribution in [0, 0.1) is 5.92 Å². The van der Waals surface area contributed by atoms with E-state index < -0.39 is 0 Å². The van der Waals surface area contributed by atoms with E-state index >= 15 is 0 Å². The third-order valence-corrected chi connectivity index (χ3v) is 3.80. The number of ether oxygens (including phenoxy) is 1. The van der Waals surface area contributed by atoms with Crippen molar-refractivity contribution in [1.82, 2.24) is 5.32 Å². The summed E-state index contributed by atoms with van der Waals surface area (Å²) in [4.78, 5) is 0. The van der Waals surface area contributed by atoms with Crippen LogP contribution in [0.3, 0.4) is 0 Å². The first-order chi connectivity index (χ1) is 8.19. The largest absolute Gasteiger partial charge is 0.496 e. The van der Waals surface area contributed by atoms with Gasteiger partial charge in [-0.2, -0.15) is 11.8 Å². The smallest absolute Gasteiger partial charge is 0.124 e. The maximum Gasteiger partial charge on any atom is 0.124 e. The molecule has 0 aliphatic rings. The monoisotopic (exact) mass is 273 g/mol. The lowest BCUT2D eigenvalue weighted by atomic mass is 10.1. The Labute approximate surface area is 113 Å². The summed E-state index contributed by atoms with van der Waals surface area (Å²) in [5, 5.41) is 4.18. The standard InChI is InChI=1S/C13H20ClNOS/c1-10(9-17-3)7-15-8-11-12(14)5-4-6-13(11)16-2/h4-6,10,15H,7-9H2,1-3H3. The van der Waals surface area contributed by atoms with E-state index in [4.69, 9.17) is 16.3 Å². The minimum Gasteiger partial charge on any atom is -0.496 e. The molecular formula is C13H20ClNOS. The van der Waals surface area contributed by atoms with Gasteiger partial charge in [-0.15, -0.1) is 0 Å². The summed E-state index contributed by atoms with van der Waals surface area (Å²) >= 11 is 8.04. The number of rotatable bonds is 7. The molecule has 0 radical (unpaired) electrons. The lowest BCUT2D eigenvalue weighted by molar-refractivity contribution is 0.407. The molecule has 1 atom stereocenters. The van der Waals surface area contributed by atoms with Crippen molar-refractivity contribution < 1.29 is 4.74 Å². The Morgan fingerprint density at radius 2 is 2.24 bits per heavy atom. The average Bonchev–Trinajstić information content (AvgIpc) is 2.31. The van der Waals surface area contributed by atoms with Crippen molar-refractivity contribution in [1.29, 1.82) is 0 Å². The zero-order chi connectivity index (χ0) is 12.7. The number of thioether (sulfide) groups is 1. The Bertz CT molecular complexity index is 346. The number of nitrogens with one attached hydrogen (secondary N) is 1. The normalized spacial score (nSPS) is 12.5. The maximum atomic E-state index is 6.16. The highest BCUT2D eigenvalue weighted by atomic mass is 35.5. The summed E-state index contributed by atoms with van der Waals surface area (Å²) in [5.41, 5.74) is 1.04. The summed E-state index contributed by atoms with van der Waals surface area (Å²) in [6.45, 7) is 3.99. The van der Waals surface area contributed by atoms with E-state index in [2.05, 4.69) is 18.5 Å². The molecule has 1 rings (SSSR count). The lowest BCUT2D eigenvalue weighted by Crippen LogP contribution is -2.22. The molecule has 17 heavy (non-hydrogen) atoms. The Morgan fingerprint density at radius 3 is 2.88 bits per heavy atom. The molecular weight excluding hydrogens is 254 g/mol. The molecule has 4 heteroatoms. The van der Waals surface area contributed by atoms with Gasteiger partial charge in [0.15, 0.2) is 0 Å². The molecule has 0 saturated carbocycles. The second kappa shape index (κ2) is 7.85. The van der Waals surface area contributed by atoms with Crippen molar-refractivity contribution in [2.24, 2.45) is 5.92 Å². The van der Waals surface area contributed by atoms with Crippen LogP contribution in [0.25, 0.3) is 0 Å². The molecule has 0 heterocycles. The van der Waals surface area contributed by atoms with Crippen LogP contribution in [0.5, 0.6) is 5.75 Å². The van der Waals surface area contributed by atoms with Gasteiger partial charge in [-0.25, -0.2) is 0 Å². The Hall–Kier alpha value is -0.380. The zero-order valence-corrected chi connectivity index (χ0v) is 12.2. The van der Waals surface area contributed by atoms with Crippen LogP contribution in [0.15, 0.2) is 18.2 Å². The quantitative estimate of drug-likeness (QED) is 0.822. The molecule has 0 aliphatic heterocycles. The SMILES string of the molecule is COc1cccc(Cl)c1CNCC(C)CSC. The van der Waals surface area contributed by atoms with E-state index in [9.17, 15) is 0 Å². The Kier molecular flexibility index (Phi) is 6.78. The van der Waals surface area contributed by atoms with Crippen molar-refractivity contribution in [3.63, 3.8) is 0 Å². The molecule has 0 saturated heterocycles. The maximum absolute atomic E-state index is 6.16. The third kappa shape index (κ3) is 4.78. The summed E-state index contributed by atoms with van der Waals surface area (Å²) < 4.78 is 5.30. The predicted octanol–water partition coefficient (Wildman–Crippen LogP) is 3.44. The first-order valence-corrected chi connectivity index (χ1v) is 7.47. The topological polar surface area (TPSA) is 21.3 Å². The van der Waals surface area contributed by atoms with Gasteiger partial charge in [0.1, 0.15) is 5.75 Å². The predicted molar refractivity (Wildman–Crippen MR) is 77.3 cm³/mol.